The maximum atomic E-state index is 13.1. The van der Waals surface area contributed by atoms with Gasteiger partial charge in [-0.2, -0.15) is 13.2 Å². The Balaban J connectivity index is 1.24. The molecule has 2 amide bonds. The average Bonchev–Trinajstić information content (AvgIpc) is 3.29. The van der Waals surface area contributed by atoms with Crippen LogP contribution in [0.5, 0.6) is 11.6 Å². The fourth-order valence-corrected chi connectivity index (χ4v) is 4.82. The molecular formula is C26H30F3N3O4. The molecule has 2 saturated heterocycles. The SMILES string of the molecule is O=C(CCCOc1ccccc1)N1CCC2(CC1)CCN(C(=O)c1cccnc1OCC(F)(F)F)C2. The first kappa shape index (κ1) is 25.8. The maximum absolute atomic E-state index is 13.1. The van der Waals surface area contributed by atoms with E-state index in [1.54, 1.807) is 4.90 Å². The second kappa shape index (κ2) is 11.2. The van der Waals surface area contributed by atoms with E-state index in [9.17, 15) is 22.8 Å². The number of hydrogen-bond acceptors (Lipinski definition) is 5. The molecule has 1 aromatic heterocycles. The Morgan fingerprint density at radius 2 is 1.64 bits per heavy atom. The molecule has 2 aliphatic rings. The molecule has 0 N–H and O–H groups in total. The molecule has 1 aromatic carbocycles. The second-order valence-corrected chi connectivity index (χ2v) is 9.38. The van der Waals surface area contributed by atoms with Gasteiger partial charge in [0.05, 0.1) is 6.61 Å². The number of aromatic nitrogens is 1. The first-order valence-corrected chi connectivity index (χ1v) is 12.1. The van der Waals surface area contributed by atoms with Gasteiger partial charge in [-0.25, -0.2) is 4.98 Å². The van der Waals surface area contributed by atoms with Gasteiger partial charge in [0.15, 0.2) is 6.61 Å². The summed E-state index contributed by atoms with van der Waals surface area (Å²) in [5.74, 6) is 0.205. The minimum atomic E-state index is -4.52. The van der Waals surface area contributed by atoms with E-state index in [0.29, 0.717) is 45.6 Å². The van der Waals surface area contributed by atoms with Gasteiger partial charge in [0.2, 0.25) is 11.8 Å². The topological polar surface area (TPSA) is 72.0 Å². The Kier molecular flexibility index (Phi) is 8.01. The number of ether oxygens (including phenoxy) is 2. The van der Waals surface area contributed by atoms with Gasteiger partial charge in [-0.05, 0) is 55.4 Å². The van der Waals surface area contributed by atoms with Gasteiger partial charge in [-0.3, -0.25) is 9.59 Å². The summed E-state index contributed by atoms with van der Waals surface area (Å²) in [5.41, 5.74) is -0.0537. The maximum Gasteiger partial charge on any atom is 0.422 e. The molecule has 0 saturated carbocycles. The van der Waals surface area contributed by atoms with Crippen molar-refractivity contribution in [2.24, 2.45) is 5.41 Å². The Hall–Kier alpha value is -3.30. The Labute approximate surface area is 208 Å². The number of para-hydroxylation sites is 1. The van der Waals surface area contributed by atoms with Crippen LogP contribution in [0.15, 0.2) is 48.7 Å². The molecule has 2 aromatic rings. The second-order valence-electron chi connectivity index (χ2n) is 9.38. The zero-order valence-electron chi connectivity index (χ0n) is 20.0. The van der Waals surface area contributed by atoms with E-state index in [-0.39, 0.29) is 28.7 Å². The third-order valence-corrected chi connectivity index (χ3v) is 6.82. The zero-order valence-corrected chi connectivity index (χ0v) is 20.0. The Morgan fingerprint density at radius 3 is 2.33 bits per heavy atom. The zero-order chi connectivity index (χ0) is 25.6. The monoisotopic (exact) mass is 505 g/mol. The fourth-order valence-electron chi connectivity index (χ4n) is 4.82. The molecule has 0 aliphatic carbocycles. The summed E-state index contributed by atoms with van der Waals surface area (Å²) in [5, 5.41) is 0. The van der Waals surface area contributed by atoms with Crippen LogP contribution < -0.4 is 9.47 Å². The van der Waals surface area contributed by atoms with E-state index in [2.05, 4.69) is 4.98 Å². The van der Waals surface area contributed by atoms with E-state index in [4.69, 9.17) is 9.47 Å². The van der Waals surface area contributed by atoms with Crippen molar-refractivity contribution in [1.29, 1.82) is 0 Å². The fraction of sp³-hybridized carbons (Fsp3) is 0.500. The Bertz CT molecular complexity index is 1040. The molecule has 7 nitrogen and oxygen atoms in total. The van der Waals surface area contributed by atoms with Crippen LogP contribution in [-0.2, 0) is 4.79 Å². The number of piperidine rings is 1. The highest BCUT2D eigenvalue weighted by molar-refractivity contribution is 5.96. The molecule has 2 aliphatic heterocycles. The molecule has 4 rings (SSSR count). The number of carbonyl (C=O) groups is 2. The van der Waals surface area contributed by atoms with Crippen LogP contribution in [0.1, 0.15) is 42.5 Å². The van der Waals surface area contributed by atoms with Gasteiger partial charge in [-0.1, -0.05) is 18.2 Å². The van der Waals surface area contributed by atoms with E-state index in [1.165, 1.54) is 18.3 Å². The molecule has 1 spiro atoms. The van der Waals surface area contributed by atoms with Crippen molar-refractivity contribution in [1.82, 2.24) is 14.8 Å². The number of rotatable bonds is 8. The lowest BCUT2D eigenvalue weighted by atomic mass is 9.77. The largest absolute Gasteiger partial charge is 0.494 e. The van der Waals surface area contributed by atoms with Crippen LogP contribution in [0.25, 0.3) is 0 Å². The van der Waals surface area contributed by atoms with Crippen molar-refractivity contribution in [3.63, 3.8) is 0 Å². The van der Waals surface area contributed by atoms with E-state index in [0.717, 1.165) is 25.0 Å². The standard InChI is InChI=1S/C26H30F3N3O4/c27-26(28,29)19-36-23-21(8-4-13-30-23)24(34)32-16-12-25(18-32)10-14-31(15-11-25)22(33)9-5-17-35-20-6-2-1-3-7-20/h1-4,6-8,13H,5,9-12,14-19H2. The number of carbonyl (C=O) groups excluding carboxylic acids is 2. The lowest BCUT2D eigenvalue weighted by Gasteiger charge is -2.39. The minimum absolute atomic E-state index is 0.0316. The lowest BCUT2D eigenvalue weighted by Crippen LogP contribution is -2.44. The summed E-state index contributed by atoms with van der Waals surface area (Å²) in [6.07, 6.45) is 0.212. The number of nitrogens with zero attached hydrogens (tertiary/aromatic N) is 3. The number of amides is 2. The van der Waals surface area contributed by atoms with Crippen molar-refractivity contribution in [2.75, 3.05) is 39.4 Å². The van der Waals surface area contributed by atoms with Gasteiger partial charge in [0.25, 0.3) is 5.91 Å². The van der Waals surface area contributed by atoms with Crippen molar-refractivity contribution in [3.05, 3.63) is 54.2 Å². The van der Waals surface area contributed by atoms with Crippen LogP contribution in [0, 0.1) is 5.41 Å². The third-order valence-electron chi connectivity index (χ3n) is 6.82. The summed E-state index contributed by atoms with van der Waals surface area (Å²) >= 11 is 0. The molecule has 36 heavy (non-hydrogen) atoms. The minimum Gasteiger partial charge on any atom is -0.494 e. The lowest BCUT2D eigenvalue weighted by molar-refractivity contribution is -0.154. The van der Waals surface area contributed by atoms with Crippen molar-refractivity contribution < 1.29 is 32.2 Å². The third kappa shape index (κ3) is 6.67. The van der Waals surface area contributed by atoms with Crippen LogP contribution in [0.3, 0.4) is 0 Å². The molecule has 0 radical (unpaired) electrons. The van der Waals surface area contributed by atoms with Crippen molar-refractivity contribution in [3.8, 4) is 11.6 Å². The van der Waals surface area contributed by atoms with Gasteiger partial charge < -0.3 is 19.3 Å². The number of benzene rings is 1. The van der Waals surface area contributed by atoms with Crippen LogP contribution in [0.4, 0.5) is 13.2 Å². The molecule has 10 heteroatoms. The molecule has 0 unspecified atom stereocenters. The number of hydrogen-bond donors (Lipinski definition) is 0. The predicted molar refractivity (Wildman–Crippen MR) is 126 cm³/mol. The van der Waals surface area contributed by atoms with Gasteiger partial charge in [0.1, 0.15) is 11.3 Å². The van der Waals surface area contributed by atoms with Crippen LogP contribution in [0.2, 0.25) is 0 Å². The van der Waals surface area contributed by atoms with E-state index in [1.807, 2.05) is 35.2 Å². The van der Waals surface area contributed by atoms with Gasteiger partial charge in [-0.15, -0.1) is 0 Å². The summed E-state index contributed by atoms with van der Waals surface area (Å²) < 4.78 is 48.2. The van der Waals surface area contributed by atoms with Crippen molar-refractivity contribution >= 4 is 11.8 Å². The smallest absolute Gasteiger partial charge is 0.422 e. The van der Waals surface area contributed by atoms with E-state index < -0.39 is 12.8 Å². The van der Waals surface area contributed by atoms with Gasteiger partial charge >= 0.3 is 6.18 Å². The van der Waals surface area contributed by atoms with E-state index >= 15 is 0 Å². The van der Waals surface area contributed by atoms with Crippen molar-refractivity contribution in [2.45, 2.75) is 38.3 Å². The number of halogens is 3. The highest BCUT2D eigenvalue weighted by Crippen LogP contribution is 2.41. The quantitative estimate of drug-likeness (QED) is 0.500. The average molecular weight is 506 g/mol. The highest BCUT2D eigenvalue weighted by Gasteiger charge is 2.43. The normalized spacial score (nSPS) is 17.3. The predicted octanol–water partition coefficient (Wildman–Crippen LogP) is 4.34. The molecule has 0 atom stereocenters. The summed E-state index contributed by atoms with van der Waals surface area (Å²) in [6.45, 7) is 1.26. The Morgan fingerprint density at radius 1 is 0.944 bits per heavy atom. The molecular weight excluding hydrogens is 475 g/mol. The molecule has 3 heterocycles. The highest BCUT2D eigenvalue weighted by atomic mass is 19.4. The number of pyridine rings is 1. The first-order chi connectivity index (χ1) is 17.2. The molecule has 194 valence electrons. The molecule has 0 bridgehead atoms. The summed E-state index contributed by atoms with van der Waals surface area (Å²) in [6, 6.07) is 12.4. The van der Waals surface area contributed by atoms with Gasteiger partial charge in [0, 0.05) is 38.8 Å². The van der Waals surface area contributed by atoms with Crippen LogP contribution in [-0.4, -0.2) is 72.2 Å². The number of alkyl halides is 3. The number of likely N-dealkylation sites (tertiary alicyclic amines) is 2. The summed E-state index contributed by atoms with van der Waals surface area (Å²) in [4.78, 5) is 33.1. The molecule has 2 fully saturated rings. The van der Waals surface area contributed by atoms with Crippen LogP contribution >= 0.6 is 0 Å². The first-order valence-electron chi connectivity index (χ1n) is 12.1. The summed E-state index contributed by atoms with van der Waals surface area (Å²) in [7, 11) is 0.